The molecule has 0 radical (unpaired) electrons. The lowest BCUT2D eigenvalue weighted by Crippen LogP contribution is -2.18. The van der Waals surface area contributed by atoms with E-state index in [-0.39, 0.29) is 11.9 Å². The van der Waals surface area contributed by atoms with E-state index in [0.717, 1.165) is 11.1 Å². The third-order valence-corrected chi connectivity index (χ3v) is 3.56. The second-order valence-electron chi connectivity index (χ2n) is 4.39. The molecule has 100 valence electrons. The van der Waals surface area contributed by atoms with Crippen molar-refractivity contribution in [2.75, 3.05) is 0 Å². The van der Waals surface area contributed by atoms with E-state index in [1.54, 1.807) is 6.07 Å². The van der Waals surface area contributed by atoms with Crippen LogP contribution in [0.25, 0.3) is 0 Å². The fourth-order valence-corrected chi connectivity index (χ4v) is 2.22. The van der Waals surface area contributed by atoms with Crippen LogP contribution in [-0.2, 0) is 6.54 Å². The normalized spacial score (nSPS) is 12.4. The highest BCUT2D eigenvalue weighted by Gasteiger charge is 2.07. The summed E-state index contributed by atoms with van der Waals surface area (Å²) >= 11 is 12.0. The summed E-state index contributed by atoms with van der Waals surface area (Å²) in [5.41, 5.74) is 1.83. The first kappa shape index (κ1) is 14.3. The van der Waals surface area contributed by atoms with Crippen molar-refractivity contribution in [2.45, 2.75) is 19.5 Å². The number of hydrogen-bond acceptors (Lipinski definition) is 1. The SMILES string of the molecule is C[C@H](NCc1cc(F)ccc1Cl)c1cccc(Cl)c1. The first-order valence-corrected chi connectivity index (χ1v) is 6.74. The Hall–Kier alpha value is -1.09. The van der Waals surface area contributed by atoms with E-state index in [2.05, 4.69) is 5.32 Å². The number of nitrogens with one attached hydrogen (secondary N) is 1. The summed E-state index contributed by atoms with van der Waals surface area (Å²) in [6.07, 6.45) is 0. The molecule has 0 aliphatic carbocycles. The molecule has 2 aromatic rings. The molecule has 2 aromatic carbocycles. The fourth-order valence-electron chi connectivity index (χ4n) is 1.84. The Labute approximate surface area is 122 Å². The highest BCUT2D eigenvalue weighted by Crippen LogP contribution is 2.20. The maximum atomic E-state index is 13.1. The van der Waals surface area contributed by atoms with Gasteiger partial charge in [-0.2, -0.15) is 0 Å². The molecular weight excluding hydrogens is 284 g/mol. The van der Waals surface area contributed by atoms with Gasteiger partial charge < -0.3 is 5.32 Å². The minimum absolute atomic E-state index is 0.109. The zero-order valence-corrected chi connectivity index (χ0v) is 12.0. The van der Waals surface area contributed by atoms with Crippen LogP contribution < -0.4 is 5.32 Å². The second-order valence-corrected chi connectivity index (χ2v) is 5.24. The van der Waals surface area contributed by atoms with Crippen LogP contribution in [0.1, 0.15) is 24.1 Å². The van der Waals surface area contributed by atoms with Gasteiger partial charge in [-0.25, -0.2) is 4.39 Å². The van der Waals surface area contributed by atoms with Gasteiger partial charge in [-0.15, -0.1) is 0 Å². The number of hydrogen-bond donors (Lipinski definition) is 1. The molecule has 0 unspecified atom stereocenters. The lowest BCUT2D eigenvalue weighted by atomic mass is 10.1. The molecule has 4 heteroatoms. The number of halogens is 3. The average molecular weight is 298 g/mol. The van der Waals surface area contributed by atoms with Gasteiger partial charge in [-0.05, 0) is 48.4 Å². The molecule has 19 heavy (non-hydrogen) atoms. The summed E-state index contributed by atoms with van der Waals surface area (Å²) in [5.74, 6) is -0.281. The van der Waals surface area contributed by atoms with Crippen LogP contribution in [0.3, 0.4) is 0 Å². The Balaban J connectivity index is 2.04. The van der Waals surface area contributed by atoms with Gasteiger partial charge in [0.25, 0.3) is 0 Å². The van der Waals surface area contributed by atoms with Gasteiger partial charge in [-0.3, -0.25) is 0 Å². The third-order valence-electron chi connectivity index (χ3n) is 2.96. The smallest absolute Gasteiger partial charge is 0.123 e. The summed E-state index contributed by atoms with van der Waals surface area (Å²) in [5, 5.41) is 4.57. The van der Waals surface area contributed by atoms with Crippen molar-refractivity contribution in [1.82, 2.24) is 5.32 Å². The lowest BCUT2D eigenvalue weighted by molar-refractivity contribution is 0.569. The molecule has 0 saturated heterocycles. The zero-order valence-electron chi connectivity index (χ0n) is 10.5. The highest BCUT2D eigenvalue weighted by molar-refractivity contribution is 6.31. The maximum Gasteiger partial charge on any atom is 0.123 e. The van der Waals surface area contributed by atoms with E-state index in [1.165, 1.54) is 12.1 Å². The molecule has 0 heterocycles. The maximum absolute atomic E-state index is 13.1. The van der Waals surface area contributed by atoms with Crippen molar-refractivity contribution in [3.63, 3.8) is 0 Å². The van der Waals surface area contributed by atoms with E-state index in [0.29, 0.717) is 16.6 Å². The van der Waals surface area contributed by atoms with Gasteiger partial charge >= 0.3 is 0 Å². The highest BCUT2D eigenvalue weighted by atomic mass is 35.5. The monoisotopic (exact) mass is 297 g/mol. The largest absolute Gasteiger partial charge is 0.306 e. The Kier molecular flexibility index (Phi) is 4.81. The quantitative estimate of drug-likeness (QED) is 0.839. The summed E-state index contributed by atoms with van der Waals surface area (Å²) in [4.78, 5) is 0. The van der Waals surface area contributed by atoms with Crippen molar-refractivity contribution in [3.05, 3.63) is 69.5 Å². The molecule has 0 amide bonds. The molecule has 0 fully saturated rings. The minimum atomic E-state index is -0.281. The van der Waals surface area contributed by atoms with E-state index >= 15 is 0 Å². The fraction of sp³-hybridized carbons (Fsp3) is 0.200. The van der Waals surface area contributed by atoms with Crippen LogP contribution >= 0.6 is 23.2 Å². The van der Waals surface area contributed by atoms with Gasteiger partial charge in [0.15, 0.2) is 0 Å². The summed E-state index contributed by atoms with van der Waals surface area (Å²) in [7, 11) is 0. The van der Waals surface area contributed by atoms with Crippen LogP contribution in [-0.4, -0.2) is 0 Å². The number of benzene rings is 2. The summed E-state index contributed by atoms with van der Waals surface area (Å²) in [6, 6.07) is 12.1. The summed E-state index contributed by atoms with van der Waals surface area (Å²) < 4.78 is 13.1. The van der Waals surface area contributed by atoms with Crippen LogP contribution in [0.4, 0.5) is 4.39 Å². The molecule has 0 spiro atoms. The Morgan fingerprint density at radius 1 is 1.16 bits per heavy atom. The van der Waals surface area contributed by atoms with E-state index in [1.807, 2.05) is 31.2 Å². The van der Waals surface area contributed by atoms with Crippen molar-refractivity contribution in [2.24, 2.45) is 0 Å². The van der Waals surface area contributed by atoms with Crippen molar-refractivity contribution in [3.8, 4) is 0 Å². The van der Waals surface area contributed by atoms with E-state index in [9.17, 15) is 4.39 Å². The van der Waals surface area contributed by atoms with Gasteiger partial charge in [0.2, 0.25) is 0 Å². The Bertz CT molecular complexity index is 572. The topological polar surface area (TPSA) is 12.0 Å². The van der Waals surface area contributed by atoms with Crippen molar-refractivity contribution < 1.29 is 4.39 Å². The molecule has 1 atom stereocenters. The summed E-state index contributed by atoms with van der Waals surface area (Å²) in [6.45, 7) is 2.53. The molecule has 0 saturated carbocycles. The molecule has 0 aromatic heterocycles. The molecule has 0 bridgehead atoms. The third kappa shape index (κ3) is 3.93. The van der Waals surface area contributed by atoms with Gasteiger partial charge in [0.05, 0.1) is 0 Å². The molecule has 2 rings (SSSR count). The van der Waals surface area contributed by atoms with E-state index < -0.39 is 0 Å². The average Bonchev–Trinajstić information content (AvgIpc) is 2.39. The first-order chi connectivity index (χ1) is 9.06. The molecule has 0 aliphatic heterocycles. The molecule has 1 N–H and O–H groups in total. The van der Waals surface area contributed by atoms with Crippen LogP contribution in [0, 0.1) is 5.82 Å². The molecular formula is C15H14Cl2FN. The molecule has 1 nitrogen and oxygen atoms in total. The molecule has 0 aliphatic rings. The standard InChI is InChI=1S/C15H14Cl2FN/c1-10(11-3-2-4-13(16)7-11)19-9-12-8-14(18)5-6-15(12)17/h2-8,10,19H,9H2,1H3/t10-/m0/s1. The number of rotatable bonds is 4. The van der Waals surface area contributed by atoms with Crippen LogP contribution in [0.5, 0.6) is 0 Å². The van der Waals surface area contributed by atoms with Crippen LogP contribution in [0.2, 0.25) is 10.0 Å². The van der Waals surface area contributed by atoms with Crippen molar-refractivity contribution in [1.29, 1.82) is 0 Å². The minimum Gasteiger partial charge on any atom is -0.306 e. The predicted molar refractivity (Wildman–Crippen MR) is 78.1 cm³/mol. The Morgan fingerprint density at radius 3 is 2.68 bits per heavy atom. The van der Waals surface area contributed by atoms with Gasteiger partial charge in [0.1, 0.15) is 5.82 Å². The first-order valence-electron chi connectivity index (χ1n) is 5.99. The van der Waals surface area contributed by atoms with Crippen molar-refractivity contribution >= 4 is 23.2 Å². The second kappa shape index (κ2) is 6.38. The van der Waals surface area contributed by atoms with Crippen LogP contribution in [0.15, 0.2) is 42.5 Å². The van der Waals surface area contributed by atoms with Gasteiger partial charge in [-0.1, -0.05) is 35.3 Å². The Morgan fingerprint density at radius 2 is 1.95 bits per heavy atom. The van der Waals surface area contributed by atoms with Gasteiger partial charge in [0, 0.05) is 22.6 Å². The lowest BCUT2D eigenvalue weighted by Gasteiger charge is -2.15. The van der Waals surface area contributed by atoms with E-state index in [4.69, 9.17) is 23.2 Å². The zero-order chi connectivity index (χ0) is 13.8. The predicted octanol–water partition coefficient (Wildman–Crippen LogP) is 4.98.